The standard InChI is InChI=1S/C19H24N4O4S/c1-14-3-2-8-23(11-14)28(25,26)16-6-4-15(5-7-16)20-19(24)17-12-22-9-10-27-13-18(22)21-17/h4-7,12,14H,2-3,8-11,13H2,1H3,(H,20,24). The molecule has 2 aliphatic heterocycles. The number of amides is 1. The molecular formula is C19H24N4O4S. The van der Waals surface area contributed by atoms with Crippen molar-refractivity contribution in [3.63, 3.8) is 0 Å². The van der Waals surface area contributed by atoms with Crippen LogP contribution in [0, 0.1) is 5.92 Å². The van der Waals surface area contributed by atoms with E-state index in [1.54, 1.807) is 22.6 Å². The van der Waals surface area contributed by atoms with Crippen LogP contribution in [0.4, 0.5) is 5.69 Å². The molecule has 0 saturated carbocycles. The van der Waals surface area contributed by atoms with Crippen molar-refractivity contribution in [1.29, 1.82) is 0 Å². The molecule has 150 valence electrons. The first kappa shape index (κ1) is 19.1. The zero-order valence-electron chi connectivity index (χ0n) is 15.8. The van der Waals surface area contributed by atoms with Gasteiger partial charge in [0.25, 0.3) is 5.91 Å². The van der Waals surface area contributed by atoms with Gasteiger partial charge in [0.1, 0.15) is 18.1 Å². The number of nitrogens with one attached hydrogen (secondary N) is 1. The summed E-state index contributed by atoms with van der Waals surface area (Å²) in [5.74, 6) is 0.768. The molecule has 2 aliphatic rings. The second-order valence-electron chi connectivity index (χ2n) is 7.38. The molecule has 3 heterocycles. The summed E-state index contributed by atoms with van der Waals surface area (Å²) in [4.78, 5) is 17.0. The number of piperidine rings is 1. The Morgan fingerprint density at radius 1 is 1.25 bits per heavy atom. The van der Waals surface area contributed by atoms with E-state index in [-0.39, 0.29) is 10.8 Å². The Bertz CT molecular complexity index is 945. The third-order valence-corrected chi connectivity index (χ3v) is 7.05. The highest BCUT2D eigenvalue weighted by Gasteiger charge is 2.28. The number of hydrogen-bond acceptors (Lipinski definition) is 5. The molecule has 0 spiro atoms. The molecule has 0 radical (unpaired) electrons. The van der Waals surface area contributed by atoms with Gasteiger partial charge >= 0.3 is 0 Å². The lowest BCUT2D eigenvalue weighted by molar-refractivity contribution is 0.0816. The molecule has 9 heteroatoms. The quantitative estimate of drug-likeness (QED) is 0.842. The van der Waals surface area contributed by atoms with Gasteiger partial charge in [0.2, 0.25) is 10.0 Å². The van der Waals surface area contributed by atoms with E-state index < -0.39 is 10.0 Å². The molecule has 0 bridgehead atoms. The van der Waals surface area contributed by atoms with Crippen LogP contribution in [-0.4, -0.2) is 47.9 Å². The summed E-state index contributed by atoms with van der Waals surface area (Å²) in [6, 6.07) is 6.29. The first-order chi connectivity index (χ1) is 13.4. The van der Waals surface area contributed by atoms with E-state index in [1.165, 1.54) is 12.1 Å². The lowest BCUT2D eigenvalue weighted by atomic mass is 10.0. The molecule has 2 aromatic rings. The van der Waals surface area contributed by atoms with Gasteiger partial charge in [-0.05, 0) is 43.0 Å². The number of aromatic nitrogens is 2. The van der Waals surface area contributed by atoms with Crippen molar-refractivity contribution in [1.82, 2.24) is 13.9 Å². The first-order valence-electron chi connectivity index (χ1n) is 9.49. The smallest absolute Gasteiger partial charge is 0.275 e. The zero-order valence-corrected chi connectivity index (χ0v) is 16.6. The van der Waals surface area contributed by atoms with Gasteiger partial charge in [0, 0.05) is 31.5 Å². The predicted octanol–water partition coefficient (Wildman–Crippen LogP) is 2.09. The van der Waals surface area contributed by atoms with Crippen molar-refractivity contribution < 1.29 is 17.9 Å². The fraction of sp³-hybridized carbons (Fsp3) is 0.474. The summed E-state index contributed by atoms with van der Waals surface area (Å²) in [7, 11) is -3.50. The van der Waals surface area contributed by atoms with Gasteiger partial charge in [-0.3, -0.25) is 4.79 Å². The van der Waals surface area contributed by atoms with Crippen molar-refractivity contribution in [3.05, 3.63) is 42.0 Å². The number of benzene rings is 1. The average Bonchev–Trinajstić information content (AvgIpc) is 3.13. The highest BCUT2D eigenvalue weighted by molar-refractivity contribution is 7.89. The third-order valence-electron chi connectivity index (χ3n) is 5.17. The number of anilines is 1. The third kappa shape index (κ3) is 3.82. The van der Waals surface area contributed by atoms with Gasteiger partial charge in [-0.15, -0.1) is 0 Å². The Kier molecular flexibility index (Phi) is 5.22. The number of nitrogens with zero attached hydrogens (tertiary/aromatic N) is 3. The van der Waals surface area contributed by atoms with Crippen molar-refractivity contribution in [2.24, 2.45) is 5.92 Å². The summed E-state index contributed by atoms with van der Waals surface area (Å²) >= 11 is 0. The van der Waals surface area contributed by atoms with Gasteiger partial charge in [-0.2, -0.15) is 4.31 Å². The highest BCUT2D eigenvalue weighted by atomic mass is 32.2. The number of sulfonamides is 1. The normalized spacial score (nSPS) is 20.5. The molecule has 1 amide bonds. The predicted molar refractivity (Wildman–Crippen MR) is 103 cm³/mol. The number of carbonyl (C=O) groups is 1. The fourth-order valence-corrected chi connectivity index (χ4v) is 5.22. The number of imidazole rings is 1. The van der Waals surface area contributed by atoms with Gasteiger partial charge in [0.15, 0.2) is 0 Å². The van der Waals surface area contributed by atoms with E-state index in [1.807, 2.05) is 4.57 Å². The zero-order chi connectivity index (χ0) is 19.7. The van der Waals surface area contributed by atoms with Crippen LogP contribution >= 0.6 is 0 Å². The van der Waals surface area contributed by atoms with Gasteiger partial charge in [0.05, 0.1) is 11.5 Å². The molecule has 1 fully saturated rings. The van der Waals surface area contributed by atoms with Gasteiger partial charge in [-0.25, -0.2) is 13.4 Å². The van der Waals surface area contributed by atoms with E-state index in [9.17, 15) is 13.2 Å². The van der Waals surface area contributed by atoms with Gasteiger partial charge in [-0.1, -0.05) is 6.92 Å². The molecule has 28 heavy (non-hydrogen) atoms. The highest BCUT2D eigenvalue weighted by Crippen LogP contribution is 2.24. The maximum Gasteiger partial charge on any atom is 0.275 e. The molecule has 0 aliphatic carbocycles. The Balaban J connectivity index is 1.45. The van der Waals surface area contributed by atoms with Crippen molar-refractivity contribution in [2.75, 3.05) is 25.0 Å². The second kappa shape index (κ2) is 7.65. The fourth-order valence-electron chi connectivity index (χ4n) is 3.62. The largest absolute Gasteiger partial charge is 0.372 e. The second-order valence-corrected chi connectivity index (χ2v) is 9.32. The van der Waals surface area contributed by atoms with Crippen LogP contribution in [0.3, 0.4) is 0 Å². The minimum atomic E-state index is -3.50. The summed E-state index contributed by atoms with van der Waals surface area (Å²) in [6.07, 6.45) is 3.65. The summed E-state index contributed by atoms with van der Waals surface area (Å²) in [5, 5.41) is 2.77. The molecule has 1 atom stereocenters. The first-order valence-corrected chi connectivity index (χ1v) is 10.9. The molecule has 1 aromatic heterocycles. The van der Waals surface area contributed by atoms with E-state index in [0.29, 0.717) is 50.1 Å². The SMILES string of the molecule is CC1CCCN(S(=O)(=O)c2ccc(NC(=O)c3cn4c(n3)COCC4)cc2)C1. The molecule has 1 unspecified atom stereocenters. The van der Waals surface area contributed by atoms with Crippen LogP contribution in [0.5, 0.6) is 0 Å². The van der Waals surface area contributed by atoms with Crippen molar-refractivity contribution in [3.8, 4) is 0 Å². The van der Waals surface area contributed by atoms with Crippen LogP contribution in [0.1, 0.15) is 36.1 Å². The maximum absolute atomic E-state index is 12.8. The monoisotopic (exact) mass is 404 g/mol. The van der Waals surface area contributed by atoms with Crippen LogP contribution in [-0.2, 0) is 27.9 Å². The lowest BCUT2D eigenvalue weighted by Crippen LogP contribution is -2.39. The molecule has 1 aromatic carbocycles. The summed E-state index contributed by atoms with van der Waals surface area (Å²) in [5.41, 5.74) is 0.845. The molecule has 4 rings (SSSR count). The van der Waals surface area contributed by atoms with Gasteiger partial charge < -0.3 is 14.6 Å². The van der Waals surface area contributed by atoms with E-state index >= 15 is 0 Å². The minimum Gasteiger partial charge on any atom is -0.372 e. The average molecular weight is 404 g/mol. The number of fused-ring (bicyclic) bond motifs is 1. The number of hydrogen-bond donors (Lipinski definition) is 1. The summed E-state index contributed by atoms with van der Waals surface area (Å²) in [6.45, 7) is 4.86. The summed E-state index contributed by atoms with van der Waals surface area (Å²) < 4.78 is 34.4. The lowest BCUT2D eigenvalue weighted by Gasteiger charge is -2.30. The van der Waals surface area contributed by atoms with E-state index in [4.69, 9.17) is 4.74 Å². The topological polar surface area (TPSA) is 93.5 Å². The van der Waals surface area contributed by atoms with Crippen molar-refractivity contribution in [2.45, 2.75) is 37.8 Å². The van der Waals surface area contributed by atoms with Crippen LogP contribution in [0.25, 0.3) is 0 Å². The van der Waals surface area contributed by atoms with Crippen LogP contribution < -0.4 is 5.32 Å². The van der Waals surface area contributed by atoms with Crippen LogP contribution in [0.15, 0.2) is 35.4 Å². The Morgan fingerprint density at radius 3 is 2.75 bits per heavy atom. The number of carbonyl (C=O) groups excluding carboxylic acids is 1. The molecule has 8 nitrogen and oxygen atoms in total. The molecule has 1 N–H and O–H groups in total. The number of ether oxygens (including phenoxy) is 1. The van der Waals surface area contributed by atoms with Crippen molar-refractivity contribution >= 4 is 21.6 Å². The Labute approximate surface area is 164 Å². The molecular weight excluding hydrogens is 380 g/mol. The van der Waals surface area contributed by atoms with E-state index in [0.717, 1.165) is 18.7 Å². The Hall–Kier alpha value is -2.23. The Morgan fingerprint density at radius 2 is 2.04 bits per heavy atom. The van der Waals surface area contributed by atoms with E-state index in [2.05, 4.69) is 17.2 Å². The van der Waals surface area contributed by atoms with Crippen LogP contribution in [0.2, 0.25) is 0 Å². The maximum atomic E-state index is 12.8. The minimum absolute atomic E-state index is 0.245. The molecule has 1 saturated heterocycles. The number of rotatable bonds is 4.